The second kappa shape index (κ2) is 7.07. The van der Waals surface area contributed by atoms with Crippen molar-refractivity contribution in [2.75, 3.05) is 5.32 Å². The molecule has 0 spiro atoms. The van der Waals surface area contributed by atoms with Gasteiger partial charge in [0.1, 0.15) is 0 Å². The molecule has 0 radical (unpaired) electrons. The fraction of sp³-hybridized carbons (Fsp3) is 0.222. The summed E-state index contributed by atoms with van der Waals surface area (Å²) in [5.41, 5.74) is -0.295. The number of fused-ring (bicyclic) bond motifs is 1. The molecule has 0 aliphatic carbocycles. The molecule has 1 aromatic heterocycles. The molecule has 5 nitrogen and oxygen atoms in total. The number of hydrogen-bond acceptors (Lipinski definition) is 2. The Kier molecular flexibility index (Phi) is 4.83. The Hall–Kier alpha value is -3.03. The van der Waals surface area contributed by atoms with Crippen LogP contribution in [0.25, 0.3) is 10.8 Å². The summed E-state index contributed by atoms with van der Waals surface area (Å²) in [4.78, 5) is 12.2. The number of benzene rings is 2. The maximum atomic E-state index is 12.6. The lowest BCUT2D eigenvalue weighted by molar-refractivity contribution is -0.141. The highest BCUT2D eigenvalue weighted by Crippen LogP contribution is 2.27. The van der Waals surface area contributed by atoms with E-state index >= 15 is 0 Å². The first-order valence-corrected chi connectivity index (χ1v) is 7.99. The molecule has 0 fully saturated rings. The quantitative estimate of drug-likeness (QED) is 0.728. The van der Waals surface area contributed by atoms with Crippen molar-refractivity contribution in [3.8, 4) is 0 Å². The average Bonchev–Trinajstić information content (AvgIpc) is 3.03. The van der Waals surface area contributed by atoms with E-state index in [1.54, 1.807) is 13.0 Å². The summed E-state index contributed by atoms with van der Waals surface area (Å²) in [5, 5.41) is 10.8. The highest BCUT2D eigenvalue weighted by Gasteiger charge is 2.33. The smallest absolute Gasteiger partial charge is 0.334 e. The van der Waals surface area contributed by atoms with E-state index in [1.807, 2.05) is 36.4 Å². The van der Waals surface area contributed by atoms with Gasteiger partial charge in [-0.1, -0.05) is 36.4 Å². The molecular formula is C18H17F3N4O. The van der Waals surface area contributed by atoms with Crippen LogP contribution in [-0.4, -0.2) is 21.9 Å². The predicted octanol–water partition coefficient (Wildman–Crippen LogP) is 4.27. The molecule has 0 aliphatic rings. The number of nitrogens with one attached hydrogen (secondary N) is 2. The lowest BCUT2D eigenvalue weighted by Crippen LogP contribution is -2.38. The number of urea groups is 1. The van der Waals surface area contributed by atoms with Crippen molar-refractivity contribution < 1.29 is 18.0 Å². The lowest BCUT2D eigenvalue weighted by atomic mass is 10.1. The van der Waals surface area contributed by atoms with Crippen LogP contribution in [0.4, 0.5) is 23.7 Å². The SMILES string of the molecule is C[C@@H](Cn1ccc(C(F)(F)F)n1)NC(=O)Nc1cccc2ccccc12. The minimum Gasteiger partial charge on any atom is -0.334 e. The number of halogens is 3. The molecular weight excluding hydrogens is 345 g/mol. The molecule has 136 valence electrons. The third-order valence-electron chi connectivity index (χ3n) is 3.81. The first-order valence-electron chi connectivity index (χ1n) is 7.99. The summed E-state index contributed by atoms with van der Waals surface area (Å²) in [6.07, 6.45) is -3.24. The van der Waals surface area contributed by atoms with Gasteiger partial charge in [0.05, 0.1) is 12.2 Å². The van der Waals surface area contributed by atoms with Crippen LogP contribution < -0.4 is 10.6 Å². The zero-order valence-corrected chi connectivity index (χ0v) is 13.9. The van der Waals surface area contributed by atoms with Crippen LogP contribution in [0.3, 0.4) is 0 Å². The predicted molar refractivity (Wildman–Crippen MR) is 92.8 cm³/mol. The topological polar surface area (TPSA) is 59.0 Å². The van der Waals surface area contributed by atoms with E-state index in [4.69, 9.17) is 0 Å². The van der Waals surface area contributed by atoms with Crippen LogP contribution in [0, 0.1) is 0 Å². The number of rotatable bonds is 4. The van der Waals surface area contributed by atoms with Gasteiger partial charge in [0.15, 0.2) is 5.69 Å². The van der Waals surface area contributed by atoms with Crippen molar-refractivity contribution in [2.45, 2.75) is 25.7 Å². The number of aromatic nitrogens is 2. The molecule has 1 heterocycles. The molecule has 3 aromatic rings. The first-order chi connectivity index (χ1) is 12.3. The monoisotopic (exact) mass is 362 g/mol. The van der Waals surface area contributed by atoms with Crippen LogP contribution in [0.15, 0.2) is 54.7 Å². The van der Waals surface area contributed by atoms with E-state index in [1.165, 1.54) is 6.20 Å². The number of carbonyl (C=O) groups excluding carboxylic acids is 1. The van der Waals surface area contributed by atoms with Gasteiger partial charge in [-0.25, -0.2) is 4.79 Å². The molecule has 0 saturated carbocycles. The summed E-state index contributed by atoms with van der Waals surface area (Å²) in [7, 11) is 0. The van der Waals surface area contributed by atoms with Gasteiger partial charge >= 0.3 is 12.2 Å². The molecule has 0 saturated heterocycles. The highest BCUT2D eigenvalue weighted by atomic mass is 19.4. The van der Waals surface area contributed by atoms with Crippen LogP contribution >= 0.6 is 0 Å². The van der Waals surface area contributed by atoms with Gasteiger partial charge in [0.25, 0.3) is 0 Å². The fourth-order valence-corrected chi connectivity index (χ4v) is 2.66. The van der Waals surface area contributed by atoms with Crippen LogP contribution in [0.5, 0.6) is 0 Å². The van der Waals surface area contributed by atoms with Gasteiger partial charge in [-0.3, -0.25) is 4.68 Å². The van der Waals surface area contributed by atoms with Gasteiger partial charge in [-0.2, -0.15) is 18.3 Å². The molecule has 2 N–H and O–H groups in total. The van der Waals surface area contributed by atoms with E-state index in [0.29, 0.717) is 5.69 Å². The minimum absolute atomic E-state index is 0.124. The Morgan fingerprint density at radius 1 is 1.15 bits per heavy atom. The summed E-state index contributed by atoms with van der Waals surface area (Å²) < 4.78 is 38.8. The molecule has 8 heteroatoms. The van der Waals surface area contributed by atoms with Gasteiger partial charge in [0, 0.05) is 17.6 Å². The highest BCUT2D eigenvalue weighted by molar-refractivity contribution is 6.01. The number of nitrogens with zero attached hydrogens (tertiary/aromatic N) is 2. The Bertz CT molecular complexity index is 915. The Labute approximate surface area is 147 Å². The molecule has 2 aromatic carbocycles. The van der Waals surface area contributed by atoms with Crippen LogP contribution in [-0.2, 0) is 12.7 Å². The maximum absolute atomic E-state index is 12.6. The first kappa shape index (κ1) is 17.8. The molecule has 1 atom stereocenters. The molecule has 0 unspecified atom stereocenters. The van der Waals surface area contributed by atoms with Crippen LogP contribution in [0.2, 0.25) is 0 Å². The second-order valence-electron chi connectivity index (χ2n) is 5.95. The third-order valence-corrected chi connectivity index (χ3v) is 3.81. The number of amides is 2. The Morgan fingerprint density at radius 3 is 2.62 bits per heavy atom. The molecule has 26 heavy (non-hydrogen) atoms. The number of hydrogen-bond donors (Lipinski definition) is 2. The normalized spacial score (nSPS) is 12.8. The standard InChI is InChI=1S/C18H17F3N4O/c1-12(11-25-10-9-16(24-25)18(19,20)21)22-17(26)23-15-8-4-6-13-5-2-3-7-14(13)15/h2-10,12H,11H2,1H3,(H2,22,23,26)/t12-/m0/s1. The summed E-state index contributed by atoms with van der Waals surface area (Å²) in [5.74, 6) is 0. The zero-order chi connectivity index (χ0) is 18.7. The van der Waals surface area contributed by atoms with Crippen molar-refractivity contribution in [3.05, 3.63) is 60.4 Å². The van der Waals surface area contributed by atoms with E-state index in [2.05, 4.69) is 15.7 Å². The van der Waals surface area contributed by atoms with Crippen molar-refractivity contribution in [3.63, 3.8) is 0 Å². The fourth-order valence-electron chi connectivity index (χ4n) is 2.66. The largest absolute Gasteiger partial charge is 0.435 e. The van der Waals surface area contributed by atoms with Crippen molar-refractivity contribution >= 4 is 22.5 Å². The molecule has 0 aliphatic heterocycles. The minimum atomic E-state index is -4.48. The van der Waals surface area contributed by atoms with Gasteiger partial charge < -0.3 is 10.6 Å². The third kappa shape index (κ3) is 4.14. The van der Waals surface area contributed by atoms with E-state index in [-0.39, 0.29) is 6.54 Å². The van der Waals surface area contributed by atoms with Crippen molar-refractivity contribution in [1.82, 2.24) is 15.1 Å². The van der Waals surface area contributed by atoms with Gasteiger partial charge in [0.2, 0.25) is 0 Å². The van der Waals surface area contributed by atoms with E-state index in [0.717, 1.165) is 21.5 Å². The van der Waals surface area contributed by atoms with Crippen molar-refractivity contribution in [1.29, 1.82) is 0 Å². The zero-order valence-electron chi connectivity index (χ0n) is 13.9. The average molecular weight is 362 g/mol. The summed E-state index contributed by atoms with van der Waals surface area (Å²) in [6.45, 7) is 1.82. The number of alkyl halides is 3. The lowest BCUT2D eigenvalue weighted by Gasteiger charge is -2.15. The number of anilines is 1. The Morgan fingerprint density at radius 2 is 1.88 bits per heavy atom. The van der Waals surface area contributed by atoms with Crippen molar-refractivity contribution in [2.24, 2.45) is 0 Å². The maximum Gasteiger partial charge on any atom is 0.435 e. The van der Waals surface area contributed by atoms with E-state index < -0.39 is 23.9 Å². The molecule has 2 amide bonds. The molecule has 0 bridgehead atoms. The molecule has 3 rings (SSSR count). The number of carbonyl (C=O) groups is 1. The van der Waals surface area contributed by atoms with Gasteiger partial charge in [-0.15, -0.1) is 0 Å². The summed E-state index contributed by atoms with van der Waals surface area (Å²) in [6, 6.07) is 13.3. The second-order valence-corrected chi connectivity index (χ2v) is 5.95. The van der Waals surface area contributed by atoms with Crippen LogP contribution in [0.1, 0.15) is 12.6 Å². The Balaban J connectivity index is 1.61. The van der Waals surface area contributed by atoms with E-state index in [9.17, 15) is 18.0 Å². The van der Waals surface area contributed by atoms with Gasteiger partial charge in [-0.05, 0) is 24.4 Å². The summed E-state index contributed by atoms with van der Waals surface area (Å²) >= 11 is 0.